The highest BCUT2D eigenvalue weighted by atomic mass is 16.5. The maximum atomic E-state index is 13.1. The van der Waals surface area contributed by atoms with Gasteiger partial charge in [-0.15, -0.1) is 0 Å². The number of morpholine rings is 1. The maximum absolute atomic E-state index is 13.1. The largest absolute Gasteiger partial charge is 0.497 e. The van der Waals surface area contributed by atoms with Crippen molar-refractivity contribution in [1.82, 2.24) is 14.7 Å². The van der Waals surface area contributed by atoms with Crippen LogP contribution in [-0.2, 0) is 4.74 Å². The minimum absolute atomic E-state index is 0.00445. The molecule has 9 nitrogen and oxygen atoms in total. The molecule has 0 saturated carbocycles. The highest BCUT2D eigenvalue weighted by molar-refractivity contribution is 5.97. The van der Waals surface area contributed by atoms with E-state index in [1.165, 1.54) is 0 Å². The predicted molar refractivity (Wildman–Crippen MR) is 131 cm³/mol. The van der Waals surface area contributed by atoms with Gasteiger partial charge in [0.25, 0.3) is 11.8 Å². The molecule has 2 fully saturated rings. The summed E-state index contributed by atoms with van der Waals surface area (Å²) in [4.78, 5) is 32.0. The van der Waals surface area contributed by atoms with E-state index in [1.807, 2.05) is 9.80 Å². The van der Waals surface area contributed by atoms with Crippen molar-refractivity contribution in [2.45, 2.75) is 6.10 Å². The molecular weight excluding hydrogens is 450 g/mol. The van der Waals surface area contributed by atoms with Gasteiger partial charge in [0.05, 0.1) is 39.6 Å². The number of carbonyl (C=O) groups excluding carboxylic acids is 2. The maximum Gasteiger partial charge on any atom is 0.257 e. The van der Waals surface area contributed by atoms with Crippen molar-refractivity contribution in [1.29, 1.82) is 0 Å². The van der Waals surface area contributed by atoms with Crippen LogP contribution in [0.4, 0.5) is 0 Å². The van der Waals surface area contributed by atoms with E-state index in [-0.39, 0.29) is 17.9 Å². The normalized spacial score (nSPS) is 18.8. The number of carbonyl (C=O) groups is 2. The Balaban J connectivity index is 1.29. The molecule has 188 valence electrons. The second kappa shape index (κ2) is 11.4. The van der Waals surface area contributed by atoms with Crippen molar-refractivity contribution in [3.8, 4) is 17.2 Å². The molecule has 2 aromatic rings. The van der Waals surface area contributed by atoms with Crippen LogP contribution >= 0.6 is 0 Å². The van der Waals surface area contributed by atoms with Crippen LogP contribution in [0.25, 0.3) is 0 Å². The van der Waals surface area contributed by atoms with Gasteiger partial charge < -0.3 is 28.7 Å². The lowest BCUT2D eigenvalue weighted by molar-refractivity contribution is -0.0400. The molecule has 9 heteroatoms. The number of methoxy groups -OCH3 is 3. The van der Waals surface area contributed by atoms with Crippen LogP contribution in [0.3, 0.4) is 0 Å². The van der Waals surface area contributed by atoms with E-state index in [9.17, 15) is 9.59 Å². The standard InChI is InChI=1S/C26H33N3O6/c1-32-20-6-4-19(5-7-20)25(30)29-14-15-35-22(18-29)17-27-10-12-28(13-11-27)26(31)23-9-8-21(33-2)16-24(23)34-3/h4-9,16,22H,10-15,17-18H2,1-3H3. The first kappa shape index (κ1) is 24.8. The monoisotopic (exact) mass is 483 g/mol. The highest BCUT2D eigenvalue weighted by Crippen LogP contribution is 2.26. The molecule has 2 heterocycles. The summed E-state index contributed by atoms with van der Waals surface area (Å²) >= 11 is 0. The Labute approximate surface area is 206 Å². The Hall–Kier alpha value is -3.30. The van der Waals surface area contributed by atoms with Crippen molar-refractivity contribution in [3.63, 3.8) is 0 Å². The smallest absolute Gasteiger partial charge is 0.257 e. The zero-order valence-electron chi connectivity index (χ0n) is 20.6. The highest BCUT2D eigenvalue weighted by Gasteiger charge is 2.29. The molecule has 35 heavy (non-hydrogen) atoms. The Kier molecular flexibility index (Phi) is 8.09. The van der Waals surface area contributed by atoms with Crippen LogP contribution in [0, 0.1) is 0 Å². The molecule has 2 aliphatic rings. The molecule has 2 aromatic carbocycles. The van der Waals surface area contributed by atoms with E-state index in [2.05, 4.69) is 4.90 Å². The van der Waals surface area contributed by atoms with Gasteiger partial charge in [0.15, 0.2) is 0 Å². The molecule has 2 saturated heterocycles. The summed E-state index contributed by atoms with van der Waals surface area (Å²) in [5.74, 6) is 1.84. The zero-order chi connectivity index (χ0) is 24.8. The van der Waals surface area contributed by atoms with Crippen LogP contribution in [0.2, 0.25) is 0 Å². The van der Waals surface area contributed by atoms with Gasteiger partial charge in [0, 0.05) is 57.4 Å². The third-order valence-corrected chi connectivity index (χ3v) is 6.52. The van der Waals surface area contributed by atoms with Crippen LogP contribution < -0.4 is 14.2 Å². The van der Waals surface area contributed by atoms with E-state index in [0.717, 1.165) is 25.4 Å². The molecule has 0 bridgehead atoms. The Morgan fingerprint density at radius 2 is 1.51 bits per heavy atom. The fraction of sp³-hybridized carbons (Fsp3) is 0.462. The van der Waals surface area contributed by atoms with E-state index in [0.29, 0.717) is 55.4 Å². The zero-order valence-corrected chi connectivity index (χ0v) is 20.6. The first-order chi connectivity index (χ1) is 17.0. The molecule has 1 atom stereocenters. The topological polar surface area (TPSA) is 80.8 Å². The molecular formula is C26H33N3O6. The SMILES string of the molecule is COc1ccc(C(=O)N2CCOC(CN3CCN(C(=O)c4ccc(OC)cc4OC)CC3)C2)cc1. The summed E-state index contributed by atoms with van der Waals surface area (Å²) in [6.07, 6.45) is -0.0603. The summed E-state index contributed by atoms with van der Waals surface area (Å²) < 4.78 is 21.8. The molecule has 4 rings (SSSR count). The minimum Gasteiger partial charge on any atom is -0.497 e. The predicted octanol–water partition coefficient (Wildman–Crippen LogP) is 2.01. The number of amides is 2. The molecule has 0 N–H and O–H groups in total. The Bertz CT molecular complexity index is 1020. The molecule has 0 aliphatic carbocycles. The quantitative estimate of drug-likeness (QED) is 0.596. The number of hydrogen-bond donors (Lipinski definition) is 0. The summed E-state index contributed by atoms with van der Waals surface area (Å²) in [5, 5.41) is 0. The fourth-order valence-electron chi connectivity index (χ4n) is 4.50. The molecule has 2 amide bonds. The average molecular weight is 484 g/mol. The molecule has 2 aliphatic heterocycles. The Morgan fingerprint density at radius 1 is 0.829 bits per heavy atom. The molecule has 0 spiro atoms. The van der Waals surface area contributed by atoms with Gasteiger partial charge in [0.2, 0.25) is 0 Å². The second-order valence-corrected chi connectivity index (χ2v) is 8.63. The van der Waals surface area contributed by atoms with Gasteiger partial charge in [-0.05, 0) is 36.4 Å². The lowest BCUT2D eigenvalue weighted by Crippen LogP contribution is -2.54. The number of benzene rings is 2. The van der Waals surface area contributed by atoms with Crippen LogP contribution in [0.1, 0.15) is 20.7 Å². The van der Waals surface area contributed by atoms with Gasteiger partial charge in [0.1, 0.15) is 17.2 Å². The van der Waals surface area contributed by atoms with E-state index in [4.69, 9.17) is 18.9 Å². The van der Waals surface area contributed by atoms with Crippen LogP contribution in [0.15, 0.2) is 42.5 Å². The summed E-state index contributed by atoms with van der Waals surface area (Å²) in [6.45, 7) is 5.10. The first-order valence-electron chi connectivity index (χ1n) is 11.8. The lowest BCUT2D eigenvalue weighted by Gasteiger charge is -2.39. The van der Waals surface area contributed by atoms with Crippen molar-refractivity contribution in [2.75, 3.05) is 73.7 Å². The van der Waals surface area contributed by atoms with E-state index < -0.39 is 0 Å². The first-order valence-corrected chi connectivity index (χ1v) is 11.8. The van der Waals surface area contributed by atoms with Gasteiger partial charge in [-0.3, -0.25) is 14.5 Å². The van der Waals surface area contributed by atoms with Gasteiger partial charge >= 0.3 is 0 Å². The Morgan fingerprint density at radius 3 is 2.17 bits per heavy atom. The lowest BCUT2D eigenvalue weighted by atomic mass is 10.1. The molecule has 0 radical (unpaired) electrons. The second-order valence-electron chi connectivity index (χ2n) is 8.63. The minimum atomic E-state index is -0.0603. The number of rotatable bonds is 7. The fourth-order valence-corrected chi connectivity index (χ4v) is 4.50. The third-order valence-electron chi connectivity index (χ3n) is 6.52. The number of hydrogen-bond acceptors (Lipinski definition) is 7. The summed E-state index contributed by atoms with van der Waals surface area (Å²) in [7, 11) is 4.74. The van der Waals surface area contributed by atoms with Gasteiger partial charge in [-0.25, -0.2) is 0 Å². The van der Waals surface area contributed by atoms with Crippen LogP contribution in [0.5, 0.6) is 17.2 Å². The average Bonchev–Trinajstić information content (AvgIpc) is 2.92. The number of ether oxygens (including phenoxy) is 4. The molecule has 0 aromatic heterocycles. The van der Waals surface area contributed by atoms with Crippen molar-refractivity contribution >= 4 is 11.8 Å². The summed E-state index contributed by atoms with van der Waals surface area (Å²) in [5.41, 5.74) is 1.18. The molecule has 1 unspecified atom stereocenters. The number of nitrogens with zero attached hydrogens (tertiary/aromatic N) is 3. The van der Waals surface area contributed by atoms with E-state index in [1.54, 1.807) is 63.8 Å². The summed E-state index contributed by atoms with van der Waals surface area (Å²) in [6, 6.07) is 12.4. The van der Waals surface area contributed by atoms with Gasteiger partial charge in [-0.1, -0.05) is 0 Å². The van der Waals surface area contributed by atoms with Crippen LogP contribution in [-0.4, -0.2) is 106 Å². The van der Waals surface area contributed by atoms with Crippen molar-refractivity contribution in [3.05, 3.63) is 53.6 Å². The third kappa shape index (κ3) is 5.86. The van der Waals surface area contributed by atoms with Crippen molar-refractivity contribution < 1.29 is 28.5 Å². The van der Waals surface area contributed by atoms with Gasteiger partial charge in [-0.2, -0.15) is 0 Å². The number of piperazine rings is 1. The van der Waals surface area contributed by atoms with E-state index >= 15 is 0 Å². The van der Waals surface area contributed by atoms with Crippen molar-refractivity contribution in [2.24, 2.45) is 0 Å².